The van der Waals surface area contributed by atoms with Crippen molar-refractivity contribution in [3.05, 3.63) is 59.2 Å². The highest BCUT2D eigenvalue weighted by molar-refractivity contribution is 8.00. The SMILES string of the molecule is C[C@@H](Sc1ccccn1)C(=O)NCc1ccccc1Cl. The summed E-state index contributed by atoms with van der Waals surface area (Å²) in [5, 5.41) is 4.19. The molecule has 104 valence electrons. The number of halogens is 1. The lowest BCUT2D eigenvalue weighted by molar-refractivity contribution is -0.120. The van der Waals surface area contributed by atoms with Crippen LogP contribution in [-0.4, -0.2) is 16.1 Å². The summed E-state index contributed by atoms with van der Waals surface area (Å²) in [7, 11) is 0. The number of hydrogen-bond donors (Lipinski definition) is 1. The summed E-state index contributed by atoms with van der Waals surface area (Å²) < 4.78 is 0. The van der Waals surface area contributed by atoms with E-state index >= 15 is 0 Å². The molecule has 0 aliphatic heterocycles. The number of nitrogens with one attached hydrogen (secondary N) is 1. The Hall–Kier alpha value is -1.52. The van der Waals surface area contributed by atoms with E-state index in [0.717, 1.165) is 10.6 Å². The number of amides is 1. The molecule has 0 aliphatic carbocycles. The van der Waals surface area contributed by atoms with Gasteiger partial charge in [-0.2, -0.15) is 0 Å². The van der Waals surface area contributed by atoms with Crippen LogP contribution < -0.4 is 5.32 Å². The van der Waals surface area contributed by atoms with Gasteiger partial charge in [-0.3, -0.25) is 4.79 Å². The van der Waals surface area contributed by atoms with E-state index in [9.17, 15) is 4.79 Å². The quantitative estimate of drug-likeness (QED) is 0.859. The van der Waals surface area contributed by atoms with Gasteiger partial charge >= 0.3 is 0 Å². The molecule has 2 aromatic rings. The minimum atomic E-state index is -0.201. The lowest BCUT2D eigenvalue weighted by Gasteiger charge is -2.12. The van der Waals surface area contributed by atoms with Crippen LogP contribution in [0.3, 0.4) is 0 Å². The number of carbonyl (C=O) groups excluding carboxylic acids is 1. The normalized spacial score (nSPS) is 11.9. The predicted molar refractivity (Wildman–Crippen MR) is 82.9 cm³/mol. The summed E-state index contributed by atoms with van der Waals surface area (Å²) in [6, 6.07) is 13.1. The molecule has 1 heterocycles. The number of nitrogens with zero attached hydrogens (tertiary/aromatic N) is 1. The first-order chi connectivity index (χ1) is 9.66. The summed E-state index contributed by atoms with van der Waals surface area (Å²) in [4.78, 5) is 16.2. The summed E-state index contributed by atoms with van der Waals surface area (Å²) in [6.45, 7) is 2.30. The van der Waals surface area contributed by atoms with Gasteiger partial charge in [0, 0.05) is 17.8 Å². The Labute approximate surface area is 127 Å². The van der Waals surface area contributed by atoms with Crippen LogP contribution >= 0.6 is 23.4 Å². The topological polar surface area (TPSA) is 42.0 Å². The molecule has 5 heteroatoms. The smallest absolute Gasteiger partial charge is 0.233 e. The van der Waals surface area contributed by atoms with Crippen LogP contribution in [0.15, 0.2) is 53.7 Å². The zero-order valence-corrected chi connectivity index (χ0v) is 12.6. The van der Waals surface area contributed by atoms with Crippen molar-refractivity contribution < 1.29 is 4.79 Å². The number of thioether (sulfide) groups is 1. The van der Waals surface area contributed by atoms with Crippen molar-refractivity contribution in [3.63, 3.8) is 0 Å². The Morgan fingerprint density at radius 3 is 2.75 bits per heavy atom. The molecule has 0 aliphatic rings. The Morgan fingerprint density at radius 1 is 1.30 bits per heavy atom. The van der Waals surface area contributed by atoms with Crippen molar-refractivity contribution in [1.29, 1.82) is 0 Å². The molecule has 1 N–H and O–H groups in total. The summed E-state index contributed by atoms with van der Waals surface area (Å²) in [5.41, 5.74) is 0.914. The Morgan fingerprint density at radius 2 is 2.05 bits per heavy atom. The van der Waals surface area contributed by atoms with Crippen LogP contribution in [0, 0.1) is 0 Å². The third kappa shape index (κ3) is 4.25. The lowest BCUT2D eigenvalue weighted by atomic mass is 10.2. The first kappa shape index (κ1) is 14.9. The van der Waals surface area contributed by atoms with E-state index in [1.54, 1.807) is 6.20 Å². The maximum atomic E-state index is 12.0. The molecule has 0 radical (unpaired) electrons. The van der Waals surface area contributed by atoms with Gasteiger partial charge in [0.05, 0.1) is 10.3 Å². The van der Waals surface area contributed by atoms with Crippen molar-refractivity contribution in [2.45, 2.75) is 23.7 Å². The maximum Gasteiger partial charge on any atom is 0.233 e. The fourth-order valence-electron chi connectivity index (χ4n) is 1.62. The zero-order valence-electron chi connectivity index (χ0n) is 11.0. The highest BCUT2D eigenvalue weighted by atomic mass is 35.5. The monoisotopic (exact) mass is 306 g/mol. The van der Waals surface area contributed by atoms with Crippen molar-refractivity contribution in [2.24, 2.45) is 0 Å². The van der Waals surface area contributed by atoms with Gasteiger partial charge in [-0.25, -0.2) is 4.98 Å². The molecule has 1 amide bonds. The van der Waals surface area contributed by atoms with Crippen molar-refractivity contribution in [2.75, 3.05) is 0 Å². The molecule has 2 rings (SSSR count). The maximum absolute atomic E-state index is 12.0. The van der Waals surface area contributed by atoms with Crippen LogP contribution in [0.25, 0.3) is 0 Å². The first-order valence-corrected chi connectivity index (χ1v) is 7.51. The van der Waals surface area contributed by atoms with E-state index < -0.39 is 0 Å². The molecule has 1 aromatic carbocycles. The van der Waals surface area contributed by atoms with E-state index in [1.165, 1.54) is 11.8 Å². The molecular formula is C15H15ClN2OS. The van der Waals surface area contributed by atoms with Gasteiger partial charge in [0.2, 0.25) is 5.91 Å². The molecular weight excluding hydrogens is 292 g/mol. The van der Waals surface area contributed by atoms with Crippen molar-refractivity contribution in [1.82, 2.24) is 10.3 Å². The largest absolute Gasteiger partial charge is 0.351 e. The lowest BCUT2D eigenvalue weighted by Crippen LogP contribution is -2.30. The average Bonchev–Trinajstić information content (AvgIpc) is 2.47. The second kappa shape index (κ2) is 7.31. The van der Waals surface area contributed by atoms with Crippen LogP contribution in [0.4, 0.5) is 0 Å². The van der Waals surface area contributed by atoms with E-state index in [-0.39, 0.29) is 11.2 Å². The molecule has 0 unspecified atom stereocenters. The molecule has 0 fully saturated rings. The van der Waals surface area contributed by atoms with Gasteiger partial charge < -0.3 is 5.32 Å². The second-order valence-corrected chi connectivity index (χ2v) is 6.01. The number of rotatable bonds is 5. The molecule has 0 bridgehead atoms. The van der Waals surface area contributed by atoms with Gasteiger partial charge in [0.25, 0.3) is 0 Å². The predicted octanol–water partition coefficient (Wildman–Crippen LogP) is 3.53. The molecule has 0 saturated heterocycles. The van der Waals surface area contributed by atoms with Gasteiger partial charge in [0.1, 0.15) is 0 Å². The summed E-state index contributed by atoms with van der Waals surface area (Å²) in [6.07, 6.45) is 1.72. The third-order valence-corrected chi connectivity index (χ3v) is 4.13. The Bertz CT molecular complexity index is 577. The minimum absolute atomic E-state index is 0.0272. The van der Waals surface area contributed by atoms with Gasteiger partial charge in [-0.05, 0) is 30.7 Å². The van der Waals surface area contributed by atoms with Crippen LogP contribution in [-0.2, 0) is 11.3 Å². The summed E-state index contributed by atoms with van der Waals surface area (Å²) >= 11 is 7.49. The fourth-order valence-corrected chi connectivity index (χ4v) is 2.65. The van der Waals surface area contributed by atoms with E-state index in [0.29, 0.717) is 11.6 Å². The van der Waals surface area contributed by atoms with Crippen LogP contribution in [0.2, 0.25) is 5.02 Å². The molecule has 0 saturated carbocycles. The zero-order chi connectivity index (χ0) is 14.4. The Balaban J connectivity index is 1.87. The number of carbonyl (C=O) groups is 1. The van der Waals surface area contributed by atoms with E-state index in [1.807, 2.05) is 49.4 Å². The highest BCUT2D eigenvalue weighted by Crippen LogP contribution is 2.21. The molecule has 20 heavy (non-hydrogen) atoms. The van der Waals surface area contributed by atoms with Gasteiger partial charge in [-0.1, -0.05) is 47.6 Å². The van der Waals surface area contributed by atoms with Crippen molar-refractivity contribution in [3.8, 4) is 0 Å². The summed E-state index contributed by atoms with van der Waals surface area (Å²) in [5.74, 6) is -0.0272. The van der Waals surface area contributed by atoms with E-state index in [2.05, 4.69) is 10.3 Å². The second-order valence-electron chi connectivity index (χ2n) is 4.24. The standard InChI is InChI=1S/C15H15ClN2OS/c1-11(20-14-8-4-5-9-17-14)15(19)18-10-12-6-2-3-7-13(12)16/h2-9,11H,10H2,1H3,(H,18,19)/t11-/m1/s1. The number of aromatic nitrogens is 1. The Kier molecular flexibility index (Phi) is 5.44. The number of benzene rings is 1. The molecule has 1 aromatic heterocycles. The average molecular weight is 307 g/mol. The third-order valence-electron chi connectivity index (χ3n) is 2.72. The number of pyridine rings is 1. The molecule has 3 nitrogen and oxygen atoms in total. The van der Waals surface area contributed by atoms with E-state index in [4.69, 9.17) is 11.6 Å². The molecule has 1 atom stereocenters. The first-order valence-electron chi connectivity index (χ1n) is 6.25. The molecule has 0 spiro atoms. The van der Waals surface area contributed by atoms with Crippen LogP contribution in [0.5, 0.6) is 0 Å². The number of hydrogen-bond acceptors (Lipinski definition) is 3. The fraction of sp³-hybridized carbons (Fsp3) is 0.200. The van der Waals surface area contributed by atoms with Gasteiger partial charge in [0.15, 0.2) is 0 Å². The van der Waals surface area contributed by atoms with Gasteiger partial charge in [-0.15, -0.1) is 0 Å². The minimum Gasteiger partial charge on any atom is -0.351 e. The van der Waals surface area contributed by atoms with Crippen molar-refractivity contribution >= 4 is 29.3 Å². The van der Waals surface area contributed by atoms with Crippen LogP contribution in [0.1, 0.15) is 12.5 Å². The highest BCUT2D eigenvalue weighted by Gasteiger charge is 2.14.